The second-order valence-electron chi connectivity index (χ2n) is 5.09. The summed E-state index contributed by atoms with van der Waals surface area (Å²) in [6.45, 7) is 1.02. The number of halogens is 3. The first kappa shape index (κ1) is 16.8. The zero-order chi connectivity index (χ0) is 16.5. The van der Waals surface area contributed by atoms with Crippen LogP contribution < -0.4 is 4.74 Å². The van der Waals surface area contributed by atoms with Gasteiger partial charge in [-0.2, -0.15) is 0 Å². The standard InChI is InChI=1S/C14H14Cl2FNO4/c1-8(22-10-4-2-3-9(15)11(10)16)12(19)18-6-5-14(17,7-18)13(20)21/h2-4,8H,5-7H2,1H3,(H,20,21). The second kappa shape index (κ2) is 6.30. The van der Waals surface area contributed by atoms with Crippen LogP contribution in [0.4, 0.5) is 4.39 Å². The highest BCUT2D eigenvalue weighted by Crippen LogP contribution is 2.33. The molecule has 2 atom stereocenters. The number of ether oxygens (including phenoxy) is 1. The molecule has 120 valence electrons. The van der Waals surface area contributed by atoms with Crippen LogP contribution in [0.2, 0.25) is 10.0 Å². The Morgan fingerprint density at radius 2 is 2.14 bits per heavy atom. The Labute approximate surface area is 136 Å². The molecule has 1 heterocycles. The van der Waals surface area contributed by atoms with Crippen molar-refractivity contribution in [2.24, 2.45) is 0 Å². The summed E-state index contributed by atoms with van der Waals surface area (Å²) < 4.78 is 19.4. The zero-order valence-corrected chi connectivity index (χ0v) is 13.2. The quantitative estimate of drug-likeness (QED) is 0.907. The maximum Gasteiger partial charge on any atom is 0.343 e. The minimum atomic E-state index is -2.40. The van der Waals surface area contributed by atoms with E-state index in [4.69, 9.17) is 33.0 Å². The van der Waals surface area contributed by atoms with E-state index in [0.717, 1.165) is 4.90 Å². The molecule has 0 aliphatic carbocycles. The molecule has 0 spiro atoms. The lowest BCUT2D eigenvalue weighted by Crippen LogP contribution is -2.43. The van der Waals surface area contributed by atoms with Gasteiger partial charge in [-0.25, -0.2) is 9.18 Å². The molecule has 1 aromatic rings. The molecular weight excluding hydrogens is 336 g/mol. The maximum absolute atomic E-state index is 14.0. The van der Waals surface area contributed by atoms with E-state index < -0.39 is 30.2 Å². The predicted molar refractivity (Wildman–Crippen MR) is 79.2 cm³/mol. The number of likely N-dealkylation sites (tertiary alicyclic amines) is 1. The van der Waals surface area contributed by atoms with Gasteiger partial charge in [0.25, 0.3) is 5.91 Å². The van der Waals surface area contributed by atoms with Gasteiger partial charge in [-0.05, 0) is 19.1 Å². The number of carbonyl (C=O) groups is 2. The molecule has 1 fully saturated rings. The Kier molecular flexibility index (Phi) is 4.82. The summed E-state index contributed by atoms with van der Waals surface area (Å²) in [6, 6.07) is 4.75. The van der Waals surface area contributed by atoms with Gasteiger partial charge < -0.3 is 14.7 Å². The molecule has 0 aromatic heterocycles. The first-order valence-electron chi connectivity index (χ1n) is 6.56. The largest absolute Gasteiger partial charge is 0.479 e. The first-order chi connectivity index (χ1) is 10.2. The van der Waals surface area contributed by atoms with E-state index in [1.807, 2.05) is 0 Å². The summed E-state index contributed by atoms with van der Waals surface area (Å²) in [6.07, 6.45) is -1.18. The third-order valence-electron chi connectivity index (χ3n) is 3.48. The summed E-state index contributed by atoms with van der Waals surface area (Å²) in [5.74, 6) is -1.83. The highest BCUT2D eigenvalue weighted by atomic mass is 35.5. The van der Waals surface area contributed by atoms with Crippen molar-refractivity contribution in [1.29, 1.82) is 0 Å². The fraction of sp³-hybridized carbons (Fsp3) is 0.429. The van der Waals surface area contributed by atoms with E-state index in [0.29, 0.717) is 0 Å². The van der Waals surface area contributed by atoms with Crippen LogP contribution in [0.1, 0.15) is 13.3 Å². The molecular formula is C14H14Cl2FNO4. The van der Waals surface area contributed by atoms with E-state index in [1.54, 1.807) is 18.2 Å². The molecule has 22 heavy (non-hydrogen) atoms. The van der Waals surface area contributed by atoms with Gasteiger partial charge in [-0.15, -0.1) is 0 Å². The van der Waals surface area contributed by atoms with Crippen molar-refractivity contribution in [2.45, 2.75) is 25.1 Å². The number of alkyl halides is 1. The van der Waals surface area contributed by atoms with E-state index in [2.05, 4.69) is 0 Å². The topological polar surface area (TPSA) is 66.8 Å². The molecule has 1 aliphatic heterocycles. The molecule has 2 rings (SSSR count). The first-order valence-corrected chi connectivity index (χ1v) is 7.32. The van der Waals surface area contributed by atoms with Gasteiger partial charge in [0.05, 0.1) is 11.6 Å². The number of hydrogen-bond acceptors (Lipinski definition) is 3. The van der Waals surface area contributed by atoms with Crippen LogP contribution in [-0.4, -0.2) is 46.7 Å². The smallest absolute Gasteiger partial charge is 0.343 e. The fourth-order valence-corrected chi connectivity index (χ4v) is 2.54. The summed E-state index contributed by atoms with van der Waals surface area (Å²) in [4.78, 5) is 24.2. The van der Waals surface area contributed by atoms with Crippen LogP contribution in [0.25, 0.3) is 0 Å². The van der Waals surface area contributed by atoms with E-state index in [9.17, 15) is 14.0 Å². The molecule has 8 heteroatoms. The highest BCUT2D eigenvalue weighted by Gasteiger charge is 2.47. The average molecular weight is 350 g/mol. The third kappa shape index (κ3) is 3.28. The van der Waals surface area contributed by atoms with Crippen LogP contribution >= 0.6 is 23.2 Å². The number of benzene rings is 1. The predicted octanol–water partition coefficient (Wildman–Crippen LogP) is 2.79. The van der Waals surface area contributed by atoms with Crippen molar-refractivity contribution in [3.63, 3.8) is 0 Å². The van der Waals surface area contributed by atoms with Gasteiger partial charge in [0.15, 0.2) is 6.10 Å². The van der Waals surface area contributed by atoms with Crippen LogP contribution in [0, 0.1) is 0 Å². The Balaban J connectivity index is 2.04. The summed E-state index contributed by atoms with van der Waals surface area (Å²) in [7, 11) is 0. The minimum absolute atomic E-state index is 0.0264. The number of nitrogens with zero attached hydrogens (tertiary/aromatic N) is 1. The van der Waals surface area contributed by atoms with E-state index in [1.165, 1.54) is 6.92 Å². The average Bonchev–Trinajstić information content (AvgIpc) is 2.87. The molecule has 5 nitrogen and oxygen atoms in total. The molecule has 0 saturated carbocycles. The molecule has 1 amide bonds. The van der Waals surface area contributed by atoms with Crippen LogP contribution in [0.5, 0.6) is 5.75 Å². The highest BCUT2D eigenvalue weighted by molar-refractivity contribution is 6.42. The van der Waals surface area contributed by atoms with Crippen molar-refractivity contribution in [3.8, 4) is 5.75 Å². The number of aliphatic carboxylic acids is 1. The Morgan fingerprint density at radius 1 is 1.45 bits per heavy atom. The van der Waals surface area contributed by atoms with E-state index >= 15 is 0 Å². The Bertz CT molecular complexity index is 613. The van der Waals surface area contributed by atoms with Crippen molar-refractivity contribution in [3.05, 3.63) is 28.2 Å². The number of amides is 1. The lowest BCUT2D eigenvalue weighted by molar-refractivity contribution is -0.150. The van der Waals surface area contributed by atoms with Crippen LogP contribution in [0.3, 0.4) is 0 Å². The molecule has 0 radical (unpaired) electrons. The van der Waals surface area contributed by atoms with Gasteiger partial charge >= 0.3 is 5.97 Å². The second-order valence-corrected chi connectivity index (χ2v) is 5.88. The number of carboxylic acids is 1. The van der Waals surface area contributed by atoms with Crippen LogP contribution in [-0.2, 0) is 9.59 Å². The summed E-state index contributed by atoms with van der Waals surface area (Å²) >= 11 is 11.8. The van der Waals surface area contributed by atoms with Crippen LogP contribution in [0.15, 0.2) is 18.2 Å². The lowest BCUT2D eigenvalue weighted by Gasteiger charge is -2.22. The molecule has 1 aromatic carbocycles. The van der Waals surface area contributed by atoms with Gasteiger partial charge in [0, 0.05) is 13.0 Å². The Morgan fingerprint density at radius 3 is 2.73 bits per heavy atom. The Hall–Kier alpha value is -1.53. The molecule has 0 bridgehead atoms. The minimum Gasteiger partial charge on any atom is -0.479 e. The van der Waals surface area contributed by atoms with Gasteiger partial charge in [-0.3, -0.25) is 4.79 Å². The molecule has 2 unspecified atom stereocenters. The lowest BCUT2D eigenvalue weighted by atomic mass is 10.1. The number of carboxylic acid groups (broad SMARTS) is 1. The number of hydrogen-bond donors (Lipinski definition) is 1. The monoisotopic (exact) mass is 349 g/mol. The van der Waals surface area contributed by atoms with Crippen molar-refractivity contribution in [1.82, 2.24) is 4.90 Å². The third-order valence-corrected chi connectivity index (χ3v) is 4.28. The van der Waals surface area contributed by atoms with Gasteiger partial charge in [-0.1, -0.05) is 29.3 Å². The molecule has 1 saturated heterocycles. The van der Waals surface area contributed by atoms with Crippen molar-refractivity contribution >= 4 is 35.1 Å². The maximum atomic E-state index is 14.0. The fourth-order valence-electron chi connectivity index (χ4n) is 2.21. The van der Waals surface area contributed by atoms with Crippen molar-refractivity contribution in [2.75, 3.05) is 13.1 Å². The van der Waals surface area contributed by atoms with Gasteiger partial charge in [0.1, 0.15) is 10.8 Å². The van der Waals surface area contributed by atoms with E-state index in [-0.39, 0.29) is 28.8 Å². The SMILES string of the molecule is CC(Oc1cccc(Cl)c1Cl)C(=O)N1CCC(F)(C(=O)O)C1. The number of rotatable bonds is 4. The molecule has 1 N–H and O–H groups in total. The number of carbonyl (C=O) groups excluding carboxylic acids is 1. The molecule has 1 aliphatic rings. The van der Waals surface area contributed by atoms with Crippen molar-refractivity contribution < 1.29 is 23.8 Å². The van der Waals surface area contributed by atoms with Gasteiger partial charge in [0.2, 0.25) is 5.67 Å². The zero-order valence-electron chi connectivity index (χ0n) is 11.7. The summed E-state index contributed by atoms with van der Waals surface area (Å²) in [5, 5.41) is 9.30. The normalized spacial score (nSPS) is 22.5. The summed E-state index contributed by atoms with van der Waals surface area (Å²) in [5.41, 5.74) is -2.40.